The van der Waals surface area contributed by atoms with Crippen molar-refractivity contribution in [2.24, 2.45) is 5.73 Å². The van der Waals surface area contributed by atoms with Crippen molar-refractivity contribution in [2.75, 3.05) is 17.6 Å². The van der Waals surface area contributed by atoms with Gasteiger partial charge in [-0.25, -0.2) is 0 Å². The van der Waals surface area contributed by atoms with E-state index < -0.39 is 0 Å². The second-order valence-corrected chi connectivity index (χ2v) is 8.61. The summed E-state index contributed by atoms with van der Waals surface area (Å²) in [6, 6.07) is 5.99. The number of hydrogen-bond donors (Lipinski definition) is 2. The number of benzene rings is 1. The van der Waals surface area contributed by atoms with Crippen molar-refractivity contribution in [3.05, 3.63) is 35.2 Å². The van der Waals surface area contributed by atoms with Crippen molar-refractivity contribution >= 4 is 39.7 Å². The molecule has 9 heteroatoms. The van der Waals surface area contributed by atoms with E-state index in [-0.39, 0.29) is 5.91 Å². The SMILES string of the molecule is Cc1ccc(NC(=O)CSc2nn3c(CCCCCN)nnc3s2)c(C)c1. The Morgan fingerprint density at radius 2 is 2.11 bits per heavy atom. The van der Waals surface area contributed by atoms with Crippen molar-refractivity contribution in [2.45, 2.75) is 43.9 Å². The third kappa shape index (κ3) is 5.27. The molecule has 0 bridgehead atoms. The first kappa shape index (κ1) is 19.8. The van der Waals surface area contributed by atoms with Crippen LogP contribution < -0.4 is 11.1 Å². The molecule has 3 rings (SSSR count). The quantitative estimate of drug-likeness (QED) is 0.420. The molecular formula is C18H24N6OS2. The summed E-state index contributed by atoms with van der Waals surface area (Å²) in [6.45, 7) is 4.75. The number of amides is 1. The first-order valence-electron chi connectivity index (χ1n) is 8.98. The van der Waals surface area contributed by atoms with E-state index in [2.05, 4.69) is 26.7 Å². The summed E-state index contributed by atoms with van der Waals surface area (Å²) < 4.78 is 2.61. The predicted molar refractivity (Wildman–Crippen MR) is 111 cm³/mol. The van der Waals surface area contributed by atoms with Gasteiger partial charge in [-0.2, -0.15) is 4.52 Å². The Kier molecular flexibility index (Phi) is 6.81. The monoisotopic (exact) mass is 404 g/mol. The highest BCUT2D eigenvalue weighted by molar-refractivity contribution is 8.01. The Morgan fingerprint density at radius 1 is 1.26 bits per heavy atom. The van der Waals surface area contributed by atoms with Crippen LogP contribution in [0.5, 0.6) is 0 Å². The van der Waals surface area contributed by atoms with Crippen LogP contribution in [0.3, 0.4) is 0 Å². The van der Waals surface area contributed by atoms with E-state index in [4.69, 9.17) is 5.73 Å². The fourth-order valence-corrected chi connectivity index (χ4v) is 4.42. The molecular weight excluding hydrogens is 380 g/mol. The van der Waals surface area contributed by atoms with Gasteiger partial charge in [0.2, 0.25) is 10.9 Å². The molecule has 2 aromatic heterocycles. The van der Waals surface area contributed by atoms with Gasteiger partial charge in [0.25, 0.3) is 0 Å². The van der Waals surface area contributed by atoms with Gasteiger partial charge in [0.1, 0.15) is 0 Å². The van der Waals surface area contributed by atoms with E-state index in [1.165, 1.54) is 28.7 Å². The average molecular weight is 405 g/mol. The highest BCUT2D eigenvalue weighted by Gasteiger charge is 2.13. The zero-order chi connectivity index (χ0) is 19.2. The predicted octanol–water partition coefficient (Wildman–Crippen LogP) is 3.20. The topological polar surface area (TPSA) is 98.2 Å². The molecule has 3 N–H and O–H groups in total. The van der Waals surface area contributed by atoms with Gasteiger partial charge in [0.05, 0.1) is 5.75 Å². The number of fused-ring (bicyclic) bond motifs is 1. The van der Waals surface area contributed by atoms with Gasteiger partial charge in [0, 0.05) is 12.1 Å². The lowest BCUT2D eigenvalue weighted by Gasteiger charge is -2.08. The van der Waals surface area contributed by atoms with E-state index in [1.54, 1.807) is 4.52 Å². The Morgan fingerprint density at radius 3 is 2.89 bits per heavy atom. The molecule has 0 saturated carbocycles. The summed E-state index contributed by atoms with van der Waals surface area (Å²) in [5.41, 5.74) is 8.62. The lowest BCUT2D eigenvalue weighted by atomic mass is 10.1. The first-order valence-corrected chi connectivity index (χ1v) is 10.8. The number of aryl methyl sites for hydroxylation is 3. The second kappa shape index (κ2) is 9.29. The fraction of sp³-hybridized carbons (Fsp3) is 0.444. The van der Waals surface area contributed by atoms with Crippen LogP contribution in [0.2, 0.25) is 0 Å². The number of unbranched alkanes of at least 4 members (excludes halogenated alkanes) is 2. The minimum absolute atomic E-state index is 0.0417. The summed E-state index contributed by atoms with van der Waals surface area (Å²) in [7, 11) is 0. The molecule has 144 valence electrons. The minimum atomic E-state index is -0.0417. The summed E-state index contributed by atoms with van der Waals surface area (Å²) in [4.78, 5) is 13.0. The summed E-state index contributed by atoms with van der Waals surface area (Å²) >= 11 is 2.87. The highest BCUT2D eigenvalue weighted by atomic mass is 32.2. The van der Waals surface area contributed by atoms with Crippen LogP contribution in [0.1, 0.15) is 36.2 Å². The molecule has 0 saturated heterocycles. The van der Waals surface area contributed by atoms with Crippen molar-refractivity contribution in [1.29, 1.82) is 0 Å². The number of hydrogen-bond acceptors (Lipinski definition) is 7. The number of carbonyl (C=O) groups excluding carboxylic acids is 1. The van der Waals surface area contributed by atoms with Gasteiger partial charge in [-0.05, 0) is 44.9 Å². The average Bonchev–Trinajstić information content (AvgIpc) is 3.20. The molecule has 7 nitrogen and oxygen atoms in total. The molecule has 3 aromatic rings. The number of nitrogens with one attached hydrogen (secondary N) is 1. The molecule has 0 aliphatic heterocycles. The van der Waals surface area contributed by atoms with Gasteiger partial charge in [0.15, 0.2) is 10.2 Å². The van der Waals surface area contributed by atoms with Gasteiger partial charge >= 0.3 is 0 Å². The van der Waals surface area contributed by atoms with E-state index in [1.807, 2.05) is 26.0 Å². The summed E-state index contributed by atoms with van der Waals surface area (Å²) in [5, 5.41) is 15.9. The number of nitrogens with zero attached hydrogens (tertiary/aromatic N) is 4. The molecule has 0 atom stereocenters. The van der Waals surface area contributed by atoms with Crippen LogP contribution in [0.25, 0.3) is 4.96 Å². The van der Waals surface area contributed by atoms with Gasteiger partial charge in [-0.3, -0.25) is 4.79 Å². The van der Waals surface area contributed by atoms with Gasteiger partial charge in [-0.15, -0.1) is 15.3 Å². The molecule has 1 aromatic carbocycles. The van der Waals surface area contributed by atoms with Gasteiger partial charge in [-0.1, -0.05) is 47.2 Å². The molecule has 0 fully saturated rings. The summed E-state index contributed by atoms with van der Waals surface area (Å²) in [5.74, 6) is 1.13. The molecule has 0 unspecified atom stereocenters. The maximum Gasteiger partial charge on any atom is 0.235 e. The van der Waals surface area contributed by atoms with Crippen molar-refractivity contribution in [1.82, 2.24) is 19.8 Å². The number of anilines is 1. The maximum atomic E-state index is 12.2. The zero-order valence-corrected chi connectivity index (χ0v) is 17.2. The fourth-order valence-electron chi connectivity index (χ4n) is 2.73. The lowest BCUT2D eigenvalue weighted by molar-refractivity contribution is -0.113. The molecule has 0 aliphatic carbocycles. The number of rotatable bonds is 9. The molecule has 0 aliphatic rings. The Balaban J connectivity index is 1.55. The van der Waals surface area contributed by atoms with E-state index in [0.717, 1.165) is 58.6 Å². The summed E-state index contributed by atoms with van der Waals surface area (Å²) in [6.07, 6.45) is 3.96. The standard InChI is InChI=1S/C18H24N6OS2/c1-12-7-8-14(13(2)10-12)20-16(25)11-26-18-23-24-15(6-4-3-5-9-19)21-22-17(24)27-18/h7-8,10H,3-6,9,11,19H2,1-2H3,(H,20,25). The third-order valence-electron chi connectivity index (χ3n) is 4.12. The molecule has 1 amide bonds. The second-order valence-electron chi connectivity index (χ2n) is 6.43. The smallest absolute Gasteiger partial charge is 0.235 e. The van der Waals surface area contributed by atoms with Crippen LogP contribution in [-0.2, 0) is 11.2 Å². The third-order valence-corrected chi connectivity index (χ3v) is 6.16. The Labute approximate surface area is 166 Å². The van der Waals surface area contributed by atoms with Gasteiger partial charge < -0.3 is 11.1 Å². The minimum Gasteiger partial charge on any atom is -0.330 e. The van der Waals surface area contributed by atoms with E-state index in [9.17, 15) is 4.79 Å². The first-order chi connectivity index (χ1) is 13.1. The lowest BCUT2D eigenvalue weighted by Crippen LogP contribution is -2.14. The Bertz CT molecular complexity index is 920. The van der Waals surface area contributed by atoms with Crippen molar-refractivity contribution < 1.29 is 4.79 Å². The molecule has 0 spiro atoms. The largest absolute Gasteiger partial charge is 0.330 e. The molecule has 0 radical (unpaired) electrons. The number of aromatic nitrogens is 4. The number of nitrogens with two attached hydrogens (primary N) is 1. The molecule has 27 heavy (non-hydrogen) atoms. The Hall–Kier alpha value is -1.97. The van der Waals surface area contributed by atoms with Crippen molar-refractivity contribution in [3.8, 4) is 0 Å². The van der Waals surface area contributed by atoms with E-state index >= 15 is 0 Å². The number of thioether (sulfide) groups is 1. The van der Waals surface area contributed by atoms with Crippen LogP contribution in [-0.4, -0.2) is 38.0 Å². The van der Waals surface area contributed by atoms with Crippen LogP contribution in [0.15, 0.2) is 22.5 Å². The number of carbonyl (C=O) groups is 1. The van der Waals surface area contributed by atoms with Crippen LogP contribution in [0.4, 0.5) is 5.69 Å². The molecule has 2 heterocycles. The maximum absolute atomic E-state index is 12.2. The van der Waals surface area contributed by atoms with Crippen molar-refractivity contribution in [3.63, 3.8) is 0 Å². The normalized spacial score (nSPS) is 11.2. The van der Waals surface area contributed by atoms with Crippen LogP contribution >= 0.6 is 23.1 Å². The van der Waals surface area contributed by atoms with E-state index in [0.29, 0.717) is 5.75 Å². The zero-order valence-electron chi connectivity index (χ0n) is 15.6. The highest BCUT2D eigenvalue weighted by Crippen LogP contribution is 2.25. The van der Waals surface area contributed by atoms with Crippen LogP contribution in [0, 0.1) is 13.8 Å².